The van der Waals surface area contributed by atoms with Crippen molar-refractivity contribution >= 4 is 17.1 Å². The van der Waals surface area contributed by atoms with Crippen LogP contribution in [0, 0.1) is 23.7 Å². The van der Waals surface area contributed by atoms with Crippen molar-refractivity contribution in [3.63, 3.8) is 0 Å². The smallest absolute Gasteiger partial charge is 0.139 e. The fraction of sp³-hybridized carbons (Fsp3) is 0.464. The van der Waals surface area contributed by atoms with Crippen molar-refractivity contribution in [1.29, 1.82) is 0 Å². The van der Waals surface area contributed by atoms with Gasteiger partial charge in [0.15, 0.2) is 0 Å². The molecule has 1 spiro atoms. The molecular weight excluding hydrogens is 703 g/mol. The van der Waals surface area contributed by atoms with Gasteiger partial charge in [0.2, 0.25) is 0 Å². The van der Waals surface area contributed by atoms with Gasteiger partial charge in [-0.1, -0.05) is 128 Å². The molecule has 6 aliphatic carbocycles. The molecule has 298 valence electrons. The monoisotopic (exact) mass is 765 g/mol. The second kappa shape index (κ2) is 12.4. The number of benzene rings is 5. The van der Waals surface area contributed by atoms with Crippen molar-refractivity contribution in [1.82, 2.24) is 0 Å². The van der Waals surface area contributed by atoms with E-state index in [0.29, 0.717) is 11.8 Å². The van der Waals surface area contributed by atoms with Crippen LogP contribution in [-0.2, 0) is 27.1 Å². The molecule has 0 radical (unpaired) electrons. The van der Waals surface area contributed by atoms with Crippen LogP contribution >= 0.6 is 0 Å². The first-order valence-electron chi connectivity index (χ1n) is 22.8. The van der Waals surface area contributed by atoms with Gasteiger partial charge in [-0.25, -0.2) is 0 Å². The minimum absolute atomic E-state index is 0.0183. The SMILES string of the molecule is CC1(C)CCC(C)(C)c2c(N(c3cc(-c4ccccc4)c4c(c3)C3(c5ccccc5O4)C4CC5CC(C4)CC3C5)c3cccc4c3C(C)(C)CCC4(C)C)cccc21. The zero-order valence-electron chi connectivity index (χ0n) is 36.3. The van der Waals surface area contributed by atoms with Crippen LogP contribution in [0.15, 0.2) is 103 Å². The van der Waals surface area contributed by atoms with E-state index in [4.69, 9.17) is 4.74 Å². The Bertz CT molecular complexity index is 2350. The van der Waals surface area contributed by atoms with E-state index in [1.165, 1.54) is 119 Å². The van der Waals surface area contributed by atoms with Crippen molar-refractivity contribution in [2.24, 2.45) is 23.7 Å². The summed E-state index contributed by atoms with van der Waals surface area (Å²) in [6, 6.07) is 40.1. The average molecular weight is 766 g/mol. The molecule has 0 amide bonds. The van der Waals surface area contributed by atoms with Gasteiger partial charge in [0.05, 0.1) is 11.4 Å². The summed E-state index contributed by atoms with van der Waals surface area (Å²) in [7, 11) is 0. The Balaban J connectivity index is 1.27. The average Bonchev–Trinajstić information content (AvgIpc) is 3.20. The first-order chi connectivity index (χ1) is 27.7. The van der Waals surface area contributed by atoms with E-state index >= 15 is 0 Å². The van der Waals surface area contributed by atoms with E-state index in [9.17, 15) is 0 Å². The van der Waals surface area contributed by atoms with E-state index in [0.717, 1.165) is 23.3 Å². The molecule has 0 saturated heterocycles. The Morgan fingerprint density at radius 3 is 1.55 bits per heavy atom. The fourth-order valence-electron chi connectivity index (χ4n) is 14.1. The third kappa shape index (κ3) is 5.15. The zero-order valence-corrected chi connectivity index (χ0v) is 36.3. The first-order valence-corrected chi connectivity index (χ1v) is 22.8. The summed E-state index contributed by atoms with van der Waals surface area (Å²) in [5, 5.41) is 0. The summed E-state index contributed by atoms with van der Waals surface area (Å²) in [5.74, 6) is 5.13. The van der Waals surface area contributed by atoms with Gasteiger partial charge in [-0.05, 0) is 161 Å². The van der Waals surface area contributed by atoms with Gasteiger partial charge in [-0.15, -0.1) is 0 Å². The van der Waals surface area contributed by atoms with E-state index < -0.39 is 0 Å². The van der Waals surface area contributed by atoms with Gasteiger partial charge in [-0.3, -0.25) is 0 Å². The van der Waals surface area contributed by atoms with Crippen LogP contribution in [-0.4, -0.2) is 0 Å². The molecule has 2 heteroatoms. The molecule has 0 unspecified atom stereocenters. The van der Waals surface area contributed by atoms with Gasteiger partial charge in [-0.2, -0.15) is 0 Å². The number of hydrogen-bond donors (Lipinski definition) is 0. The number of hydrogen-bond acceptors (Lipinski definition) is 2. The highest BCUT2D eigenvalue weighted by Gasteiger charge is 2.61. The highest BCUT2D eigenvalue weighted by molar-refractivity contribution is 5.89. The third-order valence-electron chi connectivity index (χ3n) is 17.0. The highest BCUT2D eigenvalue weighted by atomic mass is 16.5. The second-order valence-corrected chi connectivity index (χ2v) is 22.3. The molecule has 1 heterocycles. The lowest BCUT2D eigenvalue weighted by atomic mass is 9.41. The summed E-state index contributed by atoms with van der Waals surface area (Å²) in [5.41, 5.74) is 15.5. The molecule has 0 aromatic heterocycles. The Kier molecular flexibility index (Phi) is 7.84. The molecule has 5 aromatic carbocycles. The van der Waals surface area contributed by atoms with Gasteiger partial charge in [0.1, 0.15) is 11.5 Å². The molecule has 7 aliphatic rings. The maximum Gasteiger partial charge on any atom is 0.139 e. The quantitative estimate of drug-likeness (QED) is 0.181. The largest absolute Gasteiger partial charge is 0.456 e. The fourth-order valence-corrected chi connectivity index (χ4v) is 14.1. The van der Waals surface area contributed by atoms with Crippen LogP contribution in [0.5, 0.6) is 11.5 Å². The zero-order chi connectivity index (χ0) is 40.0. The maximum atomic E-state index is 7.32. The van der Waals surface area contributed by atoms with E-state index in [-0.39, 0.29) is 27.1 Å². The first kappa shape index (κ1) is 36.8. The van der Waals surface area contributed by atoms with Gasteiger partial charge in [0, 0.05) is 27.8 Å². The number of nitrogens with zero attached hydrogens (tertiary/aromatic N) is 1. The topological polar surface area (TPSA) is 12.5 Å². The minimum atomic E-state index is -0.0719. The molecule has 12 rings (SSSR count). The van der Waals surface area contributed by atoms with E-state index in [2.05, 4.69) is 163 Å². The number of rotatable bonds is 4. The maximum absolute atomic E-state index is 7.32. The minimum Gasteiger partial charge on any atom is -0.456 e. The standard InChI is InChI=1S/C56H63NO/c1-52(2)24-26-54(5,6)49-43(52)19-14-21-46(49)57(47-22-15-20-44-50(47)55(7,8)27-25-53(44,3)4)40-33-41(37-16-10-9-11-17-37)51-45(34-40)56(42-18-12-13-23-48(42)58-51)38-29-35-28-36(31-38)32-39(56)30-35/h9-23,33-36,38-39H,24-32H2,1-8H3. The van der Waals surface area contributed by atoms with Crippen molar-refractivity contribution in [3.8, 4) is 22.6 Å². The summed E-state index contributed by atoms with van der Waals surface area (Å²) in [4.78, 5) is 2.76. The number of ether oxygens (including phenoxy) is 1. The molecule has 4 saturated carbocycles. The number of anilines is 3. The van der Waals surface area contributed by atoms with Crippen LogP contribution in [0.25, 0.3) is 11.1 Å². The van der Waals surface area contributed by atoms with Crippen LogP contribution in [0.2, 0.25) is 0 Å². The summed E-state index contributed by atoms with van der Waals surface area (Å²) < 4.78 is 7.32. The molecule has 0 atom stereocenters. The van der Waals surface area contributed by atoms with Gasteiger partial charge >= 0.3 is 0 Å². The Morgan fingerprint density at radius 1 is 0.483 bits per heavy atom. The van der Waals surface area contributed by atoms with Crippen LogP contribution < -0.4 is 9.64 Å². The molecular formula is C56H63NO. The molecule has 4 fully saturated rings. The molecule has 58 heavy (non-hydrogen) atoms. The number of para-hydroxylation sites is 1. The predicted molar refractivity (Wildman–Crippen MR) is 241 cm³/mol. The molecule has 0 N–H and O–H groups in total. The lowest BCUT2D eigenvalue weighted by Crippen LogP contribution is -2.57. The summed E-state index contributed by atoms with van der Waals surface area (Å²) in [6.45, 7) is 19.9. The van der Waals surface area contributed by atoms with Crippen molar-refractivity contribution in [2.75, 3.05) is 4.90 Å². The third-order valence-corrected chi connectivity index (χ3v) is 17.0. The lowest BCUT2D eigenvalue weighted by molar-refractivity contribution is -0.0451. The Hall–Kier alpha value is -4.30. The summed E-state index contributed by atoms with van der Waals surface area (Å²) in [6.07, 6.45) is 11.5. The predicted octanol–water partition coefficient (Wildman–Crippen LogP) is 15.4. The Labute approximate surface area is 348 Å². The van der Waals surface area contributed by atoms with Crippen LogP contribution in [0.3, 0.4) is 0 Å². The normalized spacial score (nSPS) is 28.5. The Morgan fingerprint density at radius 2 is 0.983 bits per heavy atom. The van der Waals surface area contributed by atoms with Crippen molar-refractivity contribution < 1.29 is 4.74 Å². The molecule has 4 bridgehead atoms. The second-order valence-electron chi connectivity index (χ2n) is 22.3. The van der Waals surface area contributed by atoms with Crippen molar-refractivity contribution in [3.05, 3.63) is 137 Å². The van der Waals surface area contributed by atoms with Crippen LogP contribution in [0.1, 0.15) is 147 Å². The highest BCUT2D eigenvalue weighted by Crippen LogP contribution is 2.70. The summed E-state index contributed by atoms with van der Waals surface area (Å²) >= 11 is 0. The van der Waals surface area contributed by atoms with E-state index in [1.807, 2.05) is 0 Å². The van der Waals surface area contributed by atoms with E-state index in [1.54, 1.807) is 0 Å². The molecule has 5 aromatic rings. The van der Waals surface area contributed by atoms with Crippen LogP contribution in [0.4, 0.5) is 17.1 Å². The number of fused-ring (bicyclic) bond motifs is 4. The molecule has 1 aliphatic heterocycles. The lowest BCUT2D eigenvalue weighted by Gasteiger charge is -2.63. The van der Waals surface area contributed by atoms with Gasteiger partial charge in [0.25, 0.3) is 0 Å². The van der Waals surface area contributed by atoms with Gasteiger partial charge < -0.3 is 9.64 Å². The van der Waals surface area contributed by atoms with Crippen molar-refractivity contribution in [2.45, 2.75) is 140 Å². The molecule has 2 nitrogen and oxygen atoms in total.